The summed E-state index contributed by atoms with van der Waals surface area (Å²) in [6, 6.07) is 0.233. The number of hydrogen-bond donors (Lipinski definition) is 3. The van der Waals surface area contributed by atoms with Gasteiger partial charge in [-0.2, -0.15) is 0 Å². The van der Waals surface area contributed by atoms with Crippen molar-refractivity contribution in [3.63, 3.8) is 0 Å². The lowest BCUT2D eigenvalue weighted by atomic mass is 9.85. The molecular weight excluding hydrogens is 286 g/mol. The molecule has 1 heterocycles. The van der Waals surface area contributed by atoms with Crippen molar-refractivity contribution in [3.8, 4) is 0 Å². The van der Waals surface area contributed by atoms with E-state index in [0.717, 1.165) is 32.3 Å². The van der Waals surface area contributed by atoms with Gasteiger partial charge in [0.2, 0.25) is 0 Å². The van der Waals surface area contributed by atoms with E-state index < -0.39 is 5.97 Å². The van der Waals surface area contributed by atoms with E-state index in [2.05, 4.69) is 10.6 Å². The quantitative estimate of drug-likeness (QED) is 0.646. The summed E-state index contributed by atoms with van der Waals surface area (Å²) in [6.45, 7) is 5.48. The van der Waals surface area contributed by atoms with Crippen molar-refractivity contribution in [2.45, 2.75) is 63.8 Å². The third-order valence-electron chi connectivity index (χ3n) is 4.59. The van der Waals surface area contributed by atoms with Crippen LogP contribution in [0.3, 0.4) is 0 Å². The summed E-state index contributed by atoms with van der Waals surface area (Å²) in [7, 11) is 0. The molecule has 7 heteroatoms. The van der Waals surface area contributed by atoms with Crippen molar-refractivity contribution in [1.82, 2.24) is 15.5 Å². The van der Waals surface area contributed by atoms with Crippen LogP contribution < -0.4 is 10.6 Å². The smallest absolute Gasteiger partial charge is 0.317 e. The van der Waals surface area contributed by atoms with Crippen LogP contribution in [0.2, 0.25) is 0 Å². The minimum atomic E-state index is -0.804. The van der Waals surface area contributed by atoms with Gasteiger partial charge < -0.3 is 20.5 Å². The Labute approximate surface area is 131 Å². The lowest BCUT2D eigenvalue weighted by molar-refractivity contribution is -0.139. The topological polar surface area (TPSA) is 90.9 Å². The average Bonchev–Trinajstić information content (AvgIpc) is 2.94. The van der Waals surface area contributed by atoms with Crippen LogP contribution in [0.5, 0.6) is 0 Å². The number of amides is 2. The largest absolute Gasteiger partial charge is 0.480 e. The number of hydrogen-bond acceptors (Lipinski definition) is 4. The molecule has 7 nitrogen and oxygen atoms in total. The molecule has 0 bridgehead atoms. The maximum absolute atomic E-state index is 12.0. The molecule has 1 aliphatic carbocycles. The zero-order chi connectivity index (χ0) is 16.1. The Morgan fingerprint density at radius 1 is 1.41 bits per heavy atom. The Hall–Kier alpha value is -1.34. The molecule has 2 fully saturated rings. The molecule has 0 spiro atoms. The second kappa shape index (κ2) is 7.78. The van der Waals surface area contributed by atoms with Crippen molar-refractivity contribution >= 4 is 12.0 Å². The van der Waals surface area contributed by atoms with E-state index in [0.29, 0.717) is 6.54 Å². The third-order valence-corrected chi connectivity index (χ3v) is 4.59. The summed E-state index contributed by atoms with van der Waals surface area (Å²) >= 11 is 0. The summed E-state index contributed by atoms with van der Waals surface area (Å²) in [5.74, 6) is -0.804. The molecule has 0 aromatic rings. The van der Waals surface area contributed by atoms with Crippen LogP contribution in [-0.2, 0) is 9.53 Å². The van der Waals surface area contributed by atoms with E-state index in [1.165, 1.54) is 0 Å². The minimum Gasteiger partial charge on any atom is -0.480 e. The first kappa shape index (κ1) is 17.0. The number of nitrogens with one attached hydrogen (secondary N) is 2. The Morgan fingerprint density at radius 3 is 2.68 bits per heavy atom. The number of carboxylic acids is 1. The molecule has 126 valence electrons. The summed E-state index contributed by atoms with van der Waals surface area (Å²) in [5, 5.41) is 14.7. The number of ether oxygens (including phenoxy) is 1. The zero-order valence-electron chi connectivity index (χ0n) is 13.4. The highest BCUT2D eigenvalue weighted by Gasteiger charge is 2.35. The van der Waals surface area contributed by atoms with Crippen LogP contribution in [-0.4, -0.2) is 65.9 Å². The van der Waals surface area contributed by atoms with Crippen LogP contribution in [0, 0.1) is 0 Å². The molecule has 1 saturated carbocycles. The number of carbonyl (C=O) groups is 2. The molecule has 1 saturated heterocycles. The molecule has 2 atom stereocenters. The third kappa shape index (κ3) is 4.58. The van der Waals surface area contributed by atoms with E-state index in [1.807, 2.05) is 18.7 Å². The number of urea groups is 1. The van der Waals surface area contributed by atoms with Crippen molar-refractivity contribution < 1.29 is 19.4 Å². The number of carbonyl (C=O) groups excluding carboxylic acids is 1. The number of likely N-dealkylation sites (N-methyl/N-ethyl adjacent to an activating group) is 1. The van der Waals surface area contributed by atoms with E-state index in [4.69, 9.17) is 9.84 Å². The van der Waals surface area contributed by atoms with Crippen molar-refractivity contribution in [2.75, 3.05) is 19.7 Å². The monoisotopic (exact) mass is 313 g/mol. The second-order valence-electron chi connectivity index (χ2n) is 6.24. The van der Waals surface area contributed by atoms with Crippen molar-refractivity contribution in [3.05, 3.63) is 0 Å². The average molecular weight is 313 g/mol. The van der Waals surface area contributed by atoms with Crippen LogP contribution in [0.15, 0.2) is 0 Å². The van der Waals surface area contributed by atoms with Gasteiger partial charge in [-0.3, -0.25) is 9.69 Å². The van der Waals surface area contributed by atoms with E-state index in [1.54, 1.807) is 0 Å². The lowest BCUT2D eigenvalue weighted by Crippen LogP contribution is -2.57. The maximum atomic E-state index is 12.0. The Kier molecular flexibility index (Phi) is 6.02. The lowest BCUT2D eigenvalue weighted by Gasteiger charge is -2.42. The van der Waals surface area contributed by atoms with Crippen LogP contribution in [0.1, 0.15) is 39.5 Å². The van der Waals surface area contributed by atoms with E-state index in [9.17, 15) is 9.59 Å². The van der Waals surface area contributed by atoms with Crippen molar-refractivity contribution in [1.29, 1.82) is 0 Å². The molecule has 22 heavy (non-hydrogen) atoms. The molecule has 2 amide bonds. The summed E-state index contributed by atoms with van der Waals surface area (Å²) < 4.78 is 5.56. The first-order valence-corrected chi connectivity index (χ1v) is 8.14. The van der Waals surface area contributed by atoms with Gasteiger partial charge in [0.15, 0.2) is 0 Å². The van der Waals surface area contributed by atoms with Crippen LogP contribution in [0.25, 0.3) is 0 Å². The molecule has 1 aliphatic heterocycles. The second-order valence-corrected chi connectivity index (χ2v) is 6.24. The predicted octanol–water partition coefficient (Wildman–Crippen LogP) is 0.791. The molecule has 3 N–H and O–H groups in total. The summed E-state index contributed by atoms with van der Waals surface area (Å²) in [4.78, 5) is 24.7. The number of nitrogens with zero attached hydrogens (tertiary/aromatic N) is 1. The minimum absolute atomic E-state index is 0.0116. The highest BCUT2D eigenvalue weighted by molar-refractivity contribution is 5.74. The molecule has 0 aromatic heterocycles. The highest BCUT2D eigenvalue weighted by Crippen LogP contribution is 2.25. The van der Waals surface area contributed by atoms with Crippen LogP contribution in [0.4, 0.5) is 4.79 Å². The number of aliphatic carboxylic acids is 1. The predicted molar refractivity (Wildman–Crippen MR) is 81.8 cm³/mol. The van der Waals surface area contributed by atoms with Gasteiger partial charge in [0, 0.05) is 18.7 Å². The standard InChI is InChI=1S/C15H27N3O4/c1-3-18(9-14(19)20)12-7-11(8-12)17-15(21)16-10(2)13-5-4-6-22-13/h10-13H,3-9H2,1-2H3,(H,19,20)(H2,16,17,21). The zero-order valence-corrected chi connectivity index (χ0v) is 13.4. The van der Waals surface area contributed by atoms with E-state index in [-0.39, 0.29) is 36.8 Å². The van der Waals surface area contributed by atoms with E-state index >= 15 is 0 Å². The van der Waals surface area contributed by atoms with Gasteiger partial charge >= 0.3 is 12.0 Å². The van der Waals surface area contributed by atoms with Gasteiger partial charge in [-0.25, -0.2) is 4.79 Å². The maximum Gasteiger partial charge on any atom is 0.317 e. The molecule has 2 unspecified atom stereocenters. The highest BCUT2D eigenvalue weighted by atomic mass is 16.5. The summed E-state index contributed by atoms with van der Waals surface area (Å²) in [6.07, 6.45) is 3.78. The first-order chi connectivity index (χ1) is 10.5. The SMILES string of the molecule is CCN(CC(=O)O)C1CC(NC(=O)NC(C)C2CCCO2)C1. The van der Waals surface area contributed by atoms with Gasteiger partial charge in [-0.05, 0) is 39.2 Å². The fourth-order valence-electron chi connectivity index (χ4n) is 3.20. The molecule has 0 aromatic carbocycles. The van der Waals surface area contributed by atoms with Gasteiger partial charge in [0.25, 0.3) is 0 Å². The Bertz CT molecular complexity index is 392. The molecule has 2 rings (SSSR count). The molecule has 0 radical (unpaired) electrons. The normalized spacial score (nSPS) is 29.0. The Morgan fingerprint density at radius 2 is 2.14 bits per heavy atom. The van der Waals surface area contributed by atoms with Gasteiger partial charge in [0.1, 0.15) is 0 Å². The number of rotatable bonds is 7. The first-order valence-electron chi connectivity index (χ1n) is 8.14. The Balaban J connectivity index is 1.66. The van der Waals surface area contributed by atoms with Gasteiger partial charge in [-0.1, -0.05) is 6.92 Å². The fraction of sp³-hybridized carbons (Fsp3) is 0.867. The van der Waals surface area contributed by atoms with Crippen LogP contribution >= 0.6 is 0 Å². The molecule has 2 aliphatic rings. The van der Waals surface area contributed by atoms with Gasteiger partial charge in [-0.15, -0.1) is 0 Å². The molecular formula is C15H27N3O4. The van der Waals surface area contributed by atoms with Gasteiger partial charge in [0.05, 0.1) is 18.7 Å². The van der Waals surface area contributed by atoms with Crippen molar-refractivity contribution in [2.24, 2.45) is 0 Å². The summed E-state index contributed by atoms with van der Waals surface area (Å²) in [5.41, 5.74) is 0. The number of carboxylic acid groups (broad SMARTS) is 1. The fourth-order valence-corrected chi connectivity index (χ4v) is 3.20.